The van der Waals surface area contributed by atoms with Gasteiger partial charge in [-0.3, -0.25) is 9.89 Å². The first-order valence-electron chi connectivity index (χ1n) is 2.48. The topological polar surface area (TPSA) is 57.8 Å². The number of anilines is 1. The van der Waals surface area contributed by atoms with Gasteiger partial charge in [-0.05, 0) is 0 Å². The van der Waals surface area contributed by atoms with Crippen LogP contribution >= 0.6 is 0 Å². The van der Waals surface area contributed by atoms with E-state index in [1.807, 2.05) is 0 Å². The van der Waals surface area contributed by atoms with Gasteiger partial charge in [0.2, 0.25) is 5.91 Å². The fraction of sp³-hybridized carbons (Fsp3) is 0.200. The molecule has 1 amide bonds. The number of aromatic amines is 1. The second-order valence-corrected chi connectivity index (χ2v) is 1.59. The van der Waals surface area contributed by atoms with Gasteiger partial charge in [-0.15, -0.1) is 0 Å². The summed E-state index contributed by atoms with van der Waals surface area (Å²) < 4.78 is 0. The predicted octanol–water partition coefficient (Wildman–Crippen LogP) is 0.168. The highest BCUT2D eigenvalue weighted by Crippen LogP contribution is 1.97. The SMILES string of the molecule is CC(=O)Nc1[c]n[nH]c1. The van der Waals surface area contributed by atoms with E-state index in [1.54, 1.807) is 6.20 Å². The lowest BCUT2D eigenvalue weighted by Crippen LogP contribution is -2.04. The molecule has 2 N–H and O–H groups in total. The summed E-state index contributed by atoms with van der Waals surface area (Å²) in [6, 6.07) is 0. The minimum Gasteiger partial charge on any atom is -0.323 e. The first-order chi connectivity index (χ1) is 4.29. The number of rotatable bonds is 1. The van der Waals surface area contributed by atoms with E-state index in [4.69, 9.17) is 0 Å². The Morgan fingerprint density at radius 3 is 3.22 bits per heavy atom. The van der Waals surface area contributed by atoms with Gasteiger partial charge in [-0.2, -0.15) is 5.10 Å². The molecule has 4 heteroatoms. The van der Waals surface area contributed by atoms with Gasteiger partial charge in [0.15, 0.2) is 0 Å². The maximum atomic E-state index is 10.3. The van der Waals surface area contributed by atoms with E-state index in [0.29, 0.717) is 5.69 Å². The van der Waals surface area contributed by atoms with E-state index < -0.39 is 0 Å². The van der Waals surface area contributed by atoms with Crippen LogP contribution in [0.1, 0.15) is 6.92 Å². The van der Waals surface area contributed by atoms with Gasteiger partial charge in [0.25, 0.3) is 0 Å². The van der Waals surface area contributed by atoms with Gasteiger partial charge in [0.1, 0.15) is 6.20 Å². The molecule has 9 heavy (non-hydrogen) atoms. The summed E-state index contributed by atoms with van der Waals surface area (Å²) in [5.74, 6) is -0.118. The van der Waals surface area contributed by atoms with Crippen molar-refractivity contribution >= 4 is 11.6 Å². The van der Waals surface area contributed by atoms with Crippen LogP contribution in [0.2, 0.25) is 0 Å². The van der Waals surface area contributed by atoms with Gasteiger partial charge >= 0.3 is 0 Å². The lowest BCUT2D eigenvalue weighted by atomic mass is 10.5. The van der Waals surface area contributed by atoms with Crippen molar-refractivity contribution in [3.63, 3.8) is 0 Å². The molecule has 1 aromatic heterocycles. The summed E-state index contributed by atoms with van der Waals surface area (Å²) >= 11 is 0. The molecule has 47 valence electrons. The van der Waals surface area contributed by atoms with Crippen LogP contribution in [0.4, 0.5) is 5.69 Å². The number of H-pyrrole nitrogens is 1. The molecule has 0 aliphatic rings. The van der Waals surface area contributed by atoms with Crippen LogP contribution in [0.3, 0.4) is 0 Å². The summed E-state index contributed by atoms with van der Waals surface area (Å²) in [7, 11) is 0. The first kappa shape index (κ1) is 5.81. The molecular formula is C5H6N3O. The zero-order chi connectivity index (χ0) is 6.69. The standard InChI is InChI=1S/C5H6N3O/c1-4(9)8-5-2-6-7-3-5/h2H,1H3,(H,6,7)(H,8,9). The Hall–Kier alpha value is -1.32. The zero-order valence-corrected chi connectivity index (χ0v) is 4.93. The molecule has 0 aliphatic heterocycles. The van der Waals surface area contributed by atoms with Crippen molar-refractivity contribution in [3.05, 3.63) is 12.4 Å². The van der Waals surface area contributed by atoms with Crippen molar-refractivity contribution in [2.24, 2.45) is 0 Å². The minimum atomic E-state index is -0.118. The van der Waals surface area contributed by atoms with Gasteiger partial charge in [-0.1, -0.05) is 0 Å². The van der Waals surface area contributed by atoms with Crippen molar-refractivity contribution in [1.82, 2.24) is 10.2 Å². The lowest BCUT2D eigenvalue weighted by molar-refractivity contribution is -0.114. The zero-order valence-electron chi connectivity index (χ0n) is 4.93. The van der Waals surface area contributed by atoms with E-state index in [0.717, 1.165) is 0 Å². The number of nitrogens with zero attached hydrogens (tertiary/aromatic N) is 1. The van der Waals surface area contributed by atoms with Crippen molar-refractivity contribution in [2.75, 3.05) is 5.32 Å². The average Bonchev–Trinajstić information content (AvgIpc) is 2.15. The molecule has 0 aromatic carbocycles. The number of aromatic nitrogens is 2. The number of hydrogen-bond acceptors (Lipinski definition) is 2. The monoisotopic (exact) mass is 124 g/mol. The van der Waals surface area contributed by atoms with Crippen LogP contribution in [-0.2, 0) is 4.79 Å². The van der Waals surface area contributed by atoms with E-state index in [2.05, 4.69) is 21.7 Å². The van der Waals surface area contributed by atoms with E-state index in [-0.39, 0.29) is 5.91 Å². The molecule has 1 rings (SSSR count). The number of nitrogens with one attached hydrogen (secondary N) is 2. The summed E-state index contributed by atoms with van der Waals surface area (Å²) in [6.45, 7) is 1.43. The van der Waals surface area contributed by atoms with Crippen LogP contribution in [0.15, 0.2) is 6.20 Å². The third-order valence-corrected chi connectivity index (χ3v) is 0.760. The Bertz CT molecular complexity index is 192. The van der Waals surface area contributed by atoms with Gasteiger partial charge in [-0.25, -0.2) is 0 Å². The van der Waals surface area contributed by atoms with Crippen LogP contribution in [0.25, 0.3) is 0 Å². The van der Waals surface area contributed by atoms with Crippen molar-refractivity contribution in [3.8, 4) is 0 Å². The highest BCUT2D eigenvalue weighted by atomic mass is 16.1. The molecule has 0 bridgehead atoms. The molecule has 0 atom stereocenters. The second-order valence-electron chi connectivity index (χ2n) is 1.59. The Balaban J connectivity index is 2.58. The third-order valence-electron chi connectivity index (χ3n) is 0.760. The van der Waals surface area contributed by atoms with Crippen LogP contribution in [0, 0.1) is 6.20 Å². The largest absolute Gasteiger partial charge is 0.323 e. The molecule has 1 heterocycles. The maximum Gasteiger partial charge on any atom is 0.221 e. The predicted molar refractivity (Wildman–Crippen MR) is 31.7 cm³/mol. The van der Waals surface area contributed by atoms with Gasteiger partial charge < -0.3 is 5.32 Å². The number of carbonyl (C=O) groups excluding carboxylic acids is 1. The molecule has 0 aliphatic carbocycles. The van der Waals surface area contributed by atoms with E-state index >= 15 is 0 Å². The van der Waals surface area contributed by atoms with E-state index in [9.17, 15) is 4.79 Å². The number of amides is 1. The highest BCUT2D eigenvalue weighted by Gasteiger charge is 1.93. The van der Waals surface area contributed by atoms with Crippen molar-refractivity contribution in [2.45, 2.75) is 6.92 Å². The molecule has 0 unspecified atom stereocenters. The molecule has 1 aromatic rings. The fourth-order valence-corrected chi connectivity index (χ4v) is 0.475. The number of carbonyl (C=O) groups is 1. The minimum absolute atomic E-state index is 0.118. The molecule has 0 saturated carbocycles. The molecule has 1 radical (unpaired) electrons. The first-order valence-corrected chi connectivity index (χ1v) is 2.48. The molecule has 0 spiro atoms. The van der Waals surface area contributed by atoms with E-state index in [1.165, 1.54) is 6.92 Å². The summed E-state index contributed by atoms with van der Waals surface area (Å²) in [4.78, 5) is 10.3. The highest BCUT2D eigenvalue weighted by molar-refractivity contribution is 5.88. The van der Waals surface area contributed by atoms with Crippen molar-refractivity contribution < 1.29 is 4.79 Å². The summed E-state index contributed by atoms with van der Waals surface area (Å²) in [5, 5.41) is 8.52. The molecule has 4 nitrogen and oxygen atoms in total. The van der Waals surface area contributed by atoms with Crippen molar-refractivity contribution in [1.29, 1.82) is 0 Å². The van der Waals surface area contributed by atoms with Crippen LogP contribution in [-0.4, -0.2) is 16.1 Å². The maximum absolute atomic E-state index is 10.3. The van der Waals surface area contributed by atoms with Gasteiger partial charge in [0, 0.05) is 13.1 Å². The van der Waals surface area contributed by atoms with Crippen LogP contribution in [0.5, 0.6) is 0 Å². The average molecular weight is 124 g/mol. The van der Waals surface area contributed by atoms with Crippen LogP contribution < -0.4 is 5.32 Å². The smallest absolute Gasteiger partial charge is 0.221 e. The van der Waals surface area contributed by atoms with Gasteiger partial charge in [0.05, 0.1) is 5.69 Å². The number of hydrogen-bond donors (Lipinski definition) is 2. The Morgan fingerprint density at radius 2 is 2.78 bits per heavy atom. The summed E-state index contributed by atoms with van der Waals surface area (Å²) in [5.41, 5.74) is 0.572. The summed E-state index contributed by atoms with van der Waals surface area (Å²) in [6.07, 6.45) is 4.09. The third kappa shape index (κ3) is 1.56. The Labute approximate surface area is 52.3 Å². The Morgan fingerprint density at radius 1 is 2.00 bits per heavy atom. The Kier molecular flexibility index (Phi) is 1.48. The molecular weight excluding hydrogens is 118 g/mol. The normalized spacial score (nSPS) is 9.00. The second kappa shape index (κ2) is 2.30. The molecule has 0 saturated heterocycles. The molecule has 0 fully saturated rings. The lowest BCUT2D eigenvalue weighted by Gasteiger charge is -1.91. The quantitative estimate of drug-likeness (QED) is 0.560. The fourth-order valence-electron chi connectivity index (χ4n) is 0.475.